The minimum atomic E-state index is -0.595. The number of rotatable bonds is 7. The number of ether oxygens (including phenoxy) is 2. The zero-order chi connectivity index (χ0) is 14.2. The summed E-state index contributed by atoms with van der Waals surface area (Å²) in [5, 5.41) is 9.92. The van der Waals surface area contributed by atoms with Gasteiger partial charge in [0, 0.05) is 12.1 Å². The third-order valence-electron chi connectivity index (χ3n) is 3.70. The van der Waals surface area contributed by atoms with Gasteiger partial charge in [0.25, 0.3) is 0 Å². The predicted molar refractivity (Wildman–Crippen MR) is 78.7 cm³/mol. The molecule has 1 aliphatic rings. The van der Waals surface area contributed by atoms with Crippen LogP contribution >= 0.6 is 0 Å². The molecular formula is C16H25NO3. The standard InChI is InChI=1S/C16H25NO3/c17-10-13-6-4-5-9-16(13)20-12-14(18)11-19-15-7-2-1-3-8-15/h4-6,9,14-15,18H,1-3,7-8,10-12,17H2. The molecule has 1 saturated carbocycles. The van der Waals surface area contributed by atoms with Gasteiger partial charge in [0.2, 0.25) is 0 Å². The van der Waals surface area contributed by atoms with Crippen LogP contribution in [0.1, 0.15) is 37.7 Å². The van der Waals surface area contributed by atoms with Crippen LogP contribution in [0.25, 0.3) is 0 Å². The Labute approximate surface area is 120 Å². The van der Waals surface area contributed by atoms with Crippen LogP contribution in [0.2, 0.25) is 0 Å². The fraction of sp³-hybridized carbons (Fsp3) is 0.625. The molecule has 3 N–H and O–H groups in total. The van der Waals surface area contributed by atoms with E-state index in [0.717, 1.165) is 24.2 Å². The number of para-hydroxylation sites is 1. The van der Waals surface area contributed by atoms with E-state index in [1.54, 1.807) is 0 Å². The van der Waals surface area contributed by atoms with Crippen LogP contribution in [0.3, 0.4) is 0 Å². The van der Waals surface area contributed by atoms with Gasteiger partial charge < -0.3 is 20.3 Å². The molecule has 0 spiro atoms. The molecule has 4 heteroatoms. The van der Waals surface area contributed by atoms with Crippen molar-refractivity contribution in [1.82, 2.24) is 0 Å². The maximum Gasteiger partial charge on any atom is 0.123 e. The van der Waals surface area contributed by atoms with Crippen molar-refractivity contribution >= 4 is 0 Å². The molecule has 0 radical (unpaired) electrons. The van der Waals surface area contributed by atoms with E-state index in [1.165, 1.54) is 19.3 Å². The van der Waals surface area contributed by atoms with Crippen LogP contribution in [-0.4, -0.2) is 30.5 Å². The van der Waals surface area contributed by atoms with Crippen molar-refractivity contribution in [3.05, 3.63) is 29.8 Å². The highest BCUT2D eigenvalue weighted by molar-refractivity contribution is 5.32. The molecule has 20 heavy (non-hydrogen) atoms. The fourth-order valence-corrected chi connectivity index (χ4v) is 2.53. The van der Waals surface area contributed by atoms with Crippen molar-refractivity contribution in [3.63, 3.8) is 0 Å². The Morgan fingerprint density at radius 3 is 2.65 bits per heavy atom. The lowest BCUT2D eigenvalue weighted by Gasteiger charge is -2.23. The van der Waals surface area contributed by atoms with E-state index in [-0.39, 0.29) is 6.61 Å². The molecule has 1 fully saturated rings. The zero-order valence-electron chi connectivity index (χ0n) is 12.0. The third kappa shape index (κ3) is 4.78. The average Bonchev–Trinajstić information content (AvgIpc) is 2.52. The van der Waals surface area contributed by atoms with Crippen molar-refractivity contribution in [2.75, 3.05) is 13.2 Å². The topological polar surface area (TPSA) is 64.7 Å². The van der Waals surface area contributed by atoms with Crippen molar-refractivity contribution in [3.8, 4) is 5.75 Å². The normalized spacial score (nSPS) is 17.9. The Kier molecular flexibility index (Phi) is 6.30. The molecule has 112 valence electrons. The first kappa shape index (κ1) is 15.3. The molecule has 1 aromatic rings. The summed E-state index contributed by atoms with van der Waals surface area (Å²) in [5.41, 5.74) is 6.60. The summed E-state index contributed by atoms with van der Waals surface area (Å²) in [4.78, 5) is 0. The smallest absolute Gasteiger partial charge is 0.123 e. The highest BCUT2D eigenvalue weighted by Crippen LogP contribution is 2.21. The average molecular weight is 279 g/mol. The number of hydrogen-bond donors (Lipinski definition) is 2. The van der Waals surface area contributed by atoms with Crippen LogP contribution in [0, 0.1) is 0 Å². The first-order valence-electron chi connectivity index (χ1n) is 7.50. The predicted octanol–water partition coefficient (Wildman–Crippen LogP) is 2.23. The van der Waals surface area contributed by atoms with Gasteiger partial charge in [-0.1, -0.05) is 37.5 Å². The van der Waals surface area contributed by atoms with Gasteiger partial charge in [-0.2, -0.15) is 0 Å². The third-order valence-corrected chi connectivity index (χ3v) is 3.70. The van der Waals surface area contributed by atoms with Gasteiger partial charge in [-0.25, -0.2) is 0 Å². The Morgan fingerprint density at radius 2 is 1.90 bits per heavy atom. The molecule has 0 aromatic heterocycles. The van der Waals surface area contributed by atoms with E-state index < -0.39 is 6.10 Å². The molecule has 0 heterocycles. The molecule has 1 aromatic carbocycles. The Bertz CT molecular complexity index is 391. The minimum Gasteiger partial charge on any atom is -0.490 e. The van der Waals surface area contributed by atoms with Gasteiger partial charge in [-0.05, 0) is 18.9 Å². The molecule has 1 unspecified atom stereocenters. The summed E-state index contributed by atoms with van der Waals surface area (Å²) in [6.07, 6.45) is 5.73. The van der Waals surface area contributed by atoms with Crippen LogP contribution < -0.4 is 10.5 Å². The summed E-state index contributed by atoms with van der Waals surface area (Å²) in [5.74, 6) is 0.742. The maximum atomic E-state index is 9.92. The first-order valence-corrected chi connectivity index (χ1v) is 7.50. The van der Waals surface area contributed by atoms with Crippen LogP contribution in [-0.2, 0) is 11.3 Å². The Balaban J connectivity index is 1.70. The number of benzene rings is 1. The second kappa shape index (κ2) is 8.25. The van der Waals surface area contributed by atoms with E-state index in [1.807, 2.05) is 24.3 Å². The van der Waals surface area contributed by atoms with Gasteiger partial charge in [0.15, 0.2) is 0 Å². The maximum absolute atomic E-state index is 9.92. The van der Waals surface area contributed by atoms with E-state index in [2.05, 4.69) is 0 Å². The van der Waals surface area contributed by atoms with Gasteiger partial charge in [0.05, 0.1) is 12.7 Å². The van der Waals surface area contributed by atoms with E-state index >= 15 is 0 Å². The second-order valence-electron chi connectivity index (χ2n) is 5.37. The van der Waals surface area contributed by atoms with Gasteiger partial charge >= 0.3 is 0 Å². The van der Waals surface area contributed by atoms with Crippen molar-refractivity contribution in [1.29, 1.82) is 0 Å². The fourth-order valence-electron chi connectivity index (χ4n) is 2.53. The van der Waals surface area contributed by atoms with Crippen molar-refractivity contribution in [2.24, 2.45) is 5.73 Å². The molecule has 1 aliphatic carbocycles. The number of nitrogens with two attached hydrogens (primary N) is 1. The highest BCUT2D eigenvalue weighted by Gasteiger charge is 2.16. The molecule has 0 saturated heterocycles. The van der Waals surface area contributed by atoms with Crippen LogP contribution in [0.4, 0.5) is 0 Å². The summed E-state index contributed by atoms with van der Waals surface area (Å²) in [6.45, 7) is 1.02. The van der Waals surface area contributed by atoms with Crippen LogP contribution in [0.15, 0.2) is 24.3 Å². The lowest BCUT2D eigenvalue weighted by atomic mass is 9.98. The Morgan fingerprint density at radius 1 is 1.15 bits per heavy atom. The lowest BCUT2D eigenvalue weighted by molar-refractivity contribution is -0.0363. The number of aliphatic hydroxyl groups excluding tert-OH is 1. The second-order valence-corrected chi connectivity index (χ2v) is 5.37. The molecule has 0 aliphatic heterocycles. The molecule has 0 bridgehead atoms. The largest absolute Gasteiger partial charge is 0.490 e. The molecule has 1 atom stereocenters. The van der Waals surface area contributed by atoms with E-state index in [4.69, 9.17) is 15.2 Å². The van der Waals surface area contributed by atoms with Gasteiger partial charge in [-0.3, -0.25) is 0 Å². The van der Waals surface area contributed by atoms with E-state index in [0.29, 0.717) is 19.3 Å². The molecular weight excluding hydrogens is 254 g/mol. The zero-order valence-corrected chi connectivity index (χ0v) is 12.0. The van der Waals surface area contributed by atoms with Crippen molar-refractivity contribution < 1.29 is 14.6 Å². The SMILES string of the molecule is NCc1ccccc1OCC(O)COC1CCCCC1. The molecule has 4 nitrogen and oxygen atoms in total. The highest BCUT2D eigenvalue weighted by atomic mass is 16.5. The molecule has 2 rings (SSSR count). The summed E-state index contributed by atoms with van der Waals surface area (Å²) < 4.78 is 11.4. The Hall–Kier alpha value is -1.10. The summed E-state index contributed by atoms with van der Waals surface area (Å²) >= 11 is 0. The number of aliphatic hydroxyl groups is 1. The van der Waals surface area contributed by atoms with Crippen molar-refractivity contribution in [2.45, 2.75) is 50.9 Å². The van der Waals surface area contributed by atoms with E-state index in [9.17, 15) is 5.11 Å². The number of hydrogen-bond acceptors (Lipinski definition) is 4. The minimum absolute atomic E-state index is 0.240. The first-order chi connectivity index (χ1) is 9.79. The van der Waals surface area contributed by atoms with Crippen LogP contribution in [0.5, 0.6) is 5.75 Å². The molecule has 0 amide bonds. The summed E-state index contributed by atoms with van der Waals surface area (Å²) in [6, 6.07) is 7.63. The van der Waals surface area contributed by atoms with Gasteiger partial charge in [-0.15, -0.1) is 0 Å². The lowest BCUT2D eigenvalue weighted by Crippen LogP contribution is -2.28. The van der Waals surface area contributed by atoms with Gasteiger partial charge in [0.1, 0.15) is 18.5 Å². The quantitative estimate of drug-likeness (QED) is 0.803. The monoisotopic (exact) mass is 279 g/mol. The summed E-state index contributed by atoms with van der Waals surface area (Å²) in [7, 11) is 0.